The molecule has 186 valence electrons. The van der Waals surface area contributed by atoms with Crippen molar-refractivity contribution in [3.05, 3.63) is 35.5 Å². The van der Waals surface area contributed by atoms with Crippen molar-refractivity contribution in [2.24, 2.45) is 23.2 Å². The third-order valence-corrected chi connectivity index (χ3v) is 10.3. The first-order valence-electron chi connectivity index (χ1n) is 13.8. The lowest BCUT2D eigenvalue weighted by Gasteiger charge is -2.44. The van der Waals surface area contributed by atoms with Crippen molar-refractivity contribution in [2.75, 3.05) is 7.11 Å². The Hall–Kier alpha value is -0.900. The molecule has 3 nitrogen and oxygen atoms in total. The summed E-state index contributed by atoms with van der Waals surface area (Å²) < 4.78 is 5.97. The predicted molar refractivity (Wildman–Crippen MR) is 136 cm³/mol. The van der Waals surface area contributed by atoms with Gasteiger partial charge in [-0.3, -0.25) is 0 Å². The van der Waals surface area contributed by atoms with Crippen LogP contribution in [0.15, 0.2) is 35.5 Å². The summed E-state index contributed by atoms with van der Waals surface area (Å²) in [7, 11) is 1.92. The lowest BCUT2D eigenvalue weighted by molar-refractivity contribution is -0.0150. The second kappa shape index (κ2) is 10.4. The molecule has 3 heteroatoms. The Morgan fingerprint density at radius 3 is 2.42 bits per heavy atom. The molecule has 0 aromatic carbocycles. The topological polar surface area (TPSA) is 49.7 Å². The molecule has 0 heterocycles. The largest absolute Gasteiger partial charge is 0.388 e. The molecule has 0 radical (unpaired) electrons. The van der Waals surface area contributed by atoms with Gasteiger partial charge in [-0.1, -0.05) is 69.4 Å². The first-order chi connectivity index (χ1) is 15.8. The van der Waals surface area contributed by atoms with Crippen molar-refractivity contribution < 1.29 is 14.9 Å². The van der Waals surface area contributed by atoms with Gasteiger partial charge in [0, 0.05) is 7.11 Å². The summed E-state index contributed by atoms with van der Waals surface area (Å²) in [6.45, 7) is 8.94. The van der Waals surface area contributed by atoms with Crippen molar-refractivity contribution in [1.29, 1.82) is 0 Å². The van der Waals surface area contributed by atoms with Gasteiger partial charge in [0.1, 0.15) is 0 Å². The highest BCUT2D eigenvalue weighted by molar-refractivity contribution is 5.29. The number of aliphatic hydroxyl groups is 2. The molecule has 0 saturated heterocycles. The summed E-state index contributed by atoms with van der Waals surface area (Å²) in [6.07, 6.45) is 20.2. The molecule has 0 amide bonds. The van der Waals surface area contributed by atoms with E-state index in [1.54, 1.807) is 5.57 Å². The standard InChI is InChI=1S/C30H48O3/c1-21(9-7-18-30(33-4)16-5-6-17-30)25-13-14-26-24(10-8-15-29(25,26)3)12-11-23-19-27(31)22(2)28(32)20-23/h11-12,21,25-28,31-32H,2,5-10,13-20H2,1,3-4H3/b24-12+/t21-,25?,26-,27+,28+,29+/m0/s1. The normalized spacial score (nSPS) is 38.5. The molecule has 33 heavy (non-hydrogen) atoms. The highest BCUT2D eigenvalue weighted by Gasteiger charge is 2.50. The van der Waals surface area contributed by atoms with Crippen molar-refractivity contribution in [1.82, 2.24) is 0 Å². The minimum Gasteiger partial charge on any atom is -0.388 e. The maximum atomic E-state index is 10.2. The van der Waals surface area contributed by atoms with Gasteiger partial charge in [0.2, 0.25) is 0 Å². The monoisotopic (exact) mass is 456 g/mol. The molecule has 2 N–H and O–H groups in total. The van der Waals surface area contributed by atoms with Crippen LogP contribution < -0.4 is 0 Å². The number of allylic oxidation sites excluding steroid dienone is 3. The van der Waals surface area contributed by atoms with Gasteiger partial charge in [0.05, 0.1) is 17.8 Å². The van der Waals surface area contributed by atoms with E-state index in [0.29, 0.717) is 29.7 Å². The number of aliphatic hydroxyl groups excluding tert-OH is 2. The van der Waals surface area contributed by atoms with E-state index in [0.717, 1.165) is 17.4 Å². The molecule has 0 spiro atoms. The quantitative estimate of drug-likeness (QED) is 0.410. The summed E-state index contributed by atoms with van der Waals surface area (Å²) in [5, 5.41) is 20.4. The summed E-state index contributed by atoms with van der Waals surface area (Å²) in [5.74, 6) is 2.30. The van der Waals surface area contributed by atoms with Crippen LogP contribution in [0.5, 0.6) is 0 Å². The second-order valence-corrected chi connectivity index (χ2v) is 12.1. The SMILES string of the molecule is C=C1[C@H](O)CC(=C/C=C2\CCC[C@]3(C)C([C@@H](C)CCCC4(OC)CCCC4)CC[C@@H]23)C[C@H]1O. The molecule has 0 aliphatic heterocycles. The summed E-state index contributed by atoms with van der Waals surface area (Å²) in [6, 6.07) is 0. The van der Waals surface area contributed by atoms with Crippen molar-refractivity contribution in [2.45, 2.75) is 122 Å². The Balaban J connectivity index is 1.38. The van der Waals surface area contributed by atoms with Gasteiger partial charge >= 0.3 is 0 Å². The van der Waals surface area contributed by atoms with Gasteiger partial charge in [-0.2, -0.15) is 0 Å². The van der Waals surface area contributed by atoms with E-state index < -0.39 is 12.2 Å². The highest BCUT2D eigenvalue weighted by atomic mass is 16.5. The summed E-state index contributed by atoms with van der Waals surface area (Å²) in [5.41, 5.74) is 3.95. The summed E-state index contributed by atoms with van der Waals surface area (Å²) >= 11 is 0. The van der Waals surface area contributed by atoms with E-state index in [4.69, 9.17) is 4.74 Å². The van der Waals surface area contributed by atoms with E-state index in [9.17, 15) is 10.2 Å². The van der Waals surface area contributed by atoms with Gasteiger partial charge in [-0.25, -0.2) is 0 Å². The zero-order chi connectivity index (χ0) is 23.6. The van der Waals surface area contributed by atoms with Crippen LogP contribution >= 0.6 is 0 Å². The van der Waals surface area contributed by atoms with Crippen LogP contribution in [0.4, 0.5) is 0 Å². The third-order valence-electron chi connectivity index (χ3n) is 10.3. The fourth-order valence-electron chi connectivity index (χ4n) is 8.16. The van der Waals surface area contributed by atoms with Crippen LogP contribution in [-0.4, -0.2) is 35.1 Å². The fourth-order valence-corrected chi connectivity index (χ4v) is 8.16. The number of methoxy groups -OCH3 is 1. The van der Waals surface area contributed by atoms with Gasteiger partial charge in [0.25, 0.3) is 0 Å². The zero-order valence-electron chi connectivity index (χ0n) is 21.5. The Morgan fingerprint density at radius 1 is 1.06 bits per heavy atom. The Kier molecular flexibility index (Phi) is 7.93. The number of hydrogen-bond acceptors (Lipinski definition) is 3. The van der Waals surface area contributed by atoms with E-state index in [2.05, 4.69) is 32.6 Å². The first kappa shape index (κ1) is 25.2. The lowest BCUT2D eigenvalue weighted by atomic mass is 9.60. The average Bonchev–Trinajstić information content (AvgIpc) is 3.40. The second-order valence-electron chi connectivity index (χ2n) is 12.1. The molecular formula is C30H48O3. The lowest BCUT2D eigenvalue weighted by Crippen LogP contribution is -2.36. The maximum absolute atomic E-state index is 10.2. The molecule has 0 aromatic rings. The smallest absolute Gasteiger partial charge is 0.0809 e. The molecule has 4 saturated carbocycles. The fraction of sp³-hybridized carbons (Fsp3) is 0.800. The van der Waals surface area contributed by atoms with Crippen molar-refractivity contribution in [3.63, 3.8) is 0 Å². The molecule has 4 aliphatic rings. The zero-order valence-corrected chi connectivity index (χ0v) is 21.5. The number of fused-ring (bicyclic) bond motifs is 1. The molecule has 4 rings (SSSR count). The van der Waals surface area contributed by atoms with Gasteiger partial charge < -0.3 is 14.9 Å². The molecule has 0 aromatic heterocycles. The van der Waals surface area contributed by atoms with Gasteiger partial charge in [0.15, 0.2) is 0 Å². The minimum absolute atomic E-state index is 0.183. The van der Waals surface area contributed by atoms with Crippen LogP contribution in [0.1, 0.15) is 104 Å². The molecule has 4 aliphatic carbocycles. The Bertz CT molecular complexity index is 743. The van der Waals surface area contributed by atoms with Crippen LogP contribution in [0.25, 0.3) is 0 Å². The molecule has 4 fully saturated rings. The van der Waals surface area contributed by atoms with Crippen LogP contribution in [-0.2, 0) is 4.74 Å². The van der Waals surface area contributed by atoms with E-state index in [1.165, 1.54) is 77.0 Å². The van der Waals surface area contributed by atoms with E-state index in [-0.39, 0.29) is 5.60 Å². The summed E-state index contributed by atoms with van der Waals surface area (Å²) in [4.78, 5) is 0. The van der Waals surface area contributed by atoms with Crippen LogP contribution in [0.2, 0.25) is 0 Å². The van der Waals surface area contributed by atoms with Crippen molar-refractivity contribution >= 4 is 0 Å². The third kappa shape index (κ3) is 5.21. The maximum Gasteiger partial charge on any atom is 0.0809 e. The van der Waals surface area contributed by atoms with Crippen LogP contribution in [0.3, 0.4) is 0 Å². The first-order valence-corrected chi connectivity index (χ1v) is 13.8. The minimum atomic E-state index is -0.604. The Morgan fingerprint density at radius 2 is 1.76 bits per heavy atom. The van der Waals surface area contributed by atoms with Gasteiger partial charge in [-0.05, 0) is 93.0 Å². The van der Waals surface area contributed by atoms with E-state index in [1.807, 2.05) is 7.11 Å². The molecule has 6 atom stereocenters. The number of ether oxygens (including phenoxy) is 1. The van der Waals surface area contributed by atoms with Crippen molar-refractivity contribution in [3.8, 4) is 0 Å². The number of rotatable bonds is 7. The Labute approximate surface area is 202 Å². The molecular weight excluding hydrogens is 408 g/mol. The van der Waals surface area contributed by atoms with Crippen LogP contribution in [0, 0.1) is 23.2 Å². The van der Waals surface area contributed by atoms with E-state index >= 15 is 0 Å². The van der Waals surface area contributed by atoms with Gasteiger partial charge in [-0.15, -0.1) is 0 Å². The predicted octanol–water partition coefficient (Wildman–Crippen LogP) is 6.89. The number of hydrogen-bond donors (Lipinski definition) is 2. The molecule has 0 bridgehead atoms. The average molecular weight is 457 g/mol. The molecule has 1 unspecified atom stereocenters. The highest BCUT2D eigenvalue weighted by Crippen LogP contribution is 2.60.